The summed E-state index contributed by atoms with van der Waals surface area (Å²) >= 11 is 7.05. The second-order valence-corrected chi connectivity index (χ2v) is 5.73. The summed E-state index contributed by atoms with van der Waals surface area (Å²) in [6.45, 7) is 8.21. The molecule has 1 heterocycles. The summed E-state index contributed by atoms with van der Waals surface area (Å²) in [7, 11) is 0. The molecule has 6 heteroatoms. The van der Waals surface area contributed by atoms with Gasteiger partial charge in [0.05, 0.1) is 11.6 Å². The van der Waals surface area contributed by atoms with Gasteiger partial charge in [0.15, 0.2) is 5.13 Å². The standard InChI is InChI=1S/C11H17ClN2O2S/c1-5-13-10-14-7(6-12)8(17-10)9(15)16-11(2,3)4/h5-6H2,1-4H3,(H,13,14). The van der Waals surface area contributed by atoms with Crippen LogP contribution >= 0.6 is 22.9 Å². The number of carbonyl (C=O) groups is 1. The highest BCUT2D eigenvalue weighted by molar-refractivity contribution is 7.17. The maximum Gasteiger partial charge on any atom is 0.350 e. The highest BCUT2D eigenvalue weighted by atomic mass is 35.5. The van der Waals surface area contributed by atoms with E-state index < -0.39 is 5.60 Å². The van der Waals surface area contributed by atoms with E-state index >= 15 is 0 Å². The first-order chi connectivity index (χ1) is 7.87. The topological polar surface area (TPSA) is 51.2 Å². The Labute approximate surface area is 110 Å². The molecule has 0 aromatic carbocycles. The Morgan fingerprint density at radius 3 is 2.65 bits per heavy atom. The van der Waals surface area contributed by atoms with E-state index in [0.29, 0.717) is 15.7 Å². The van der Waals surface area contributed by atoms with Crippen LogP contribution in [0.25, 0.3) is 0 Å². The Morgan fingerprint density at radius 1 is 1.53 bits per heavy atom. The molecule has 0 saturated carbocycles. The molecule has 0 saturated heterocycles. The highest BCUT2D eigenvalue weighted by Crippen LogP contribution is 2.26. The molecule has 17 heavy (non-hydrogen) atoms. The number of esters is 1. The monoisotopic (exact) mass is 276 g/mol. The van der Waals surface area contributed by atoms with Crippen molar-refractivity contribution < 1.29 is 9.53 Å². The summed E-state index contributed by atoms with van der Waals surface area (Å²) in [4.78, 5) is 16.6. The smallest absolute Gasteiger partial charge is 0.350 e. The number of anilines is 1. The molecule has 0 aliphatic carbocycles. The minimum absolute atomic E-state index is 0.205. The normalized spacial score (nSPS) is 11.4. The third kappa shape index (κ3) is 4.16. The number of hydrogen-bond acceptors (Lipinski definition) is 5. The van der Waals surface area contributed by atoms with Crippen molar-refractivity contribution in [2.45, 2.75) is 39.2 Å². The number of nitrogens with zero attached hydrogens (tertiary/aromatic N) is 1. The Hall–Kier alpha value is -0.810. The van der Waals surface area contributed by atoms with E-state index in [1.807, 2.05) is 27.7 Å². The molecule has 1 rings (SSSR count). The van der Waals surface area contributed by atoms with Gasteiger partial charge in [-0.05, 0) is 27.7 Å². The van der Waals surface area contributed by atoms with Crippen molar-refractivity contribution in [2.24, 2.45) is 0 Å². The number of alkyl halides is 1. The molecule has 0 bridgehead atoms. The zero-order chi connectivity index (χ0) is 13.1. The largest absolute Gasteiger partial charge is 0.456 e. The van der Waals surface area contributed by atoms with Crippen LogP contribution in [0.3, 0.4) is 0 Å². The third-order valence-corrected chi connectivity index (χ3v) is 3.02. The number of aromatic nitrogens is 1. The Balaban J connectivity index is 2.91. The lowest BCUT2D eigenvalue weighted by molar-refractivity contribution is 0.00741. The maximum absolute atomic E-state index is 11.9. The van der Waals surface area contributed by atoms with Crippen LogP contribution in [0.4, 0.5) is 5.13 Å². The van der Waals surface area contributed by atoms with Crippen LogP contribution in [-0.4, -0.2) is 23.1 Å². The van der Waals surface area contributed by atoms with Crippen LogP contribution < -0.4 is 5.32 Å². The quantitative estimate of drug-likeness (QED) is 0.677. The van der Waals surface area contributed by atoms with E-state index in [1.165, 1.54) is 11.3 Å². The second kappa shape index (κ2) is 5.69. The summed E-state index contributed by atoms with van der Waals surface area (Å²) in [6, 6.07) is 0. The molecule has 0 aliphatic rings. The van der Waals surface area contributed by atoms with Crippen LogP contribution in [0.1, 0.15) is 43.1 Å². The van der Waals surface area contributed by atoms with Crippen molar-refractivity contribution in [2.75, 3.05) is 11.9 Å². The van der Waals surface area contributed by atoms with Gasteiger partial charge < -0.3 is 10.1 Å². The van der Waals surface area contributed by atoms with Gasteiger partial charge in [0.25, 0.3) is 0 Å². The van der Waals surface area contributed by atoms with E-state index in [4.69, 9.17) is 16.3 Å². The molecule has 0 radical (unpaired) electrons. The molecule has 0 unspecified atom stereocenters. The molecule has 0 spiro atoms. The minimum atomic E-state index is -0.511. The Kier molecular flexibility index (Phi) is 4.77. The van der Waals surface area contributed by atoms with Crippen LogP contribution in [-0.2, 0) is 10.6 Å². The van der Waals surface area contributed by atoms with Gasteiger partial charge in [0, 0.05) is 6.54 Å². The number of halogens is 1. The maximum atomic E-state index is 11.9. The first kappa shape index (κ1) is 14.3. The van der Waals surface area contributed by atoms with E-state index in [2.05, 4.69) is 10.3 Å². The van der Waals surface area contributed by atoms with Gasteiger partial charge in [-0.1, -0.05) is 11.3 Å². The molecule has 0 atom stereocenters. The molecular formula is C11H17ClN2O2S. The molecule has 1 N–H and O–H groups in total. The van der Waals surface area contributed by atoms with Crippen molar-refractivity contribution in [3.63, 3.8) is 0 Å². The Bertz CT molecular complexity index is 399. The van der Waals surface area contributed by atoms with Gasteiger partial charge in [-0.2, -0.15) is 0 Å². The molecule has 1 aromatic heterocycles. The van der Waals surface area contributed by atoms with Crippen LogP contribution in [0, 0.1) is 0 Å². The SMILES string of the molecule is CCNc1nc(CCl)c(C(=O)OC(C)(C)C)s1. The van der Waals surface area contributed by atoms with Gasteiger partial charge in [-0.25, -0.2) is 9.78 Å². The number of hydrogen-bond donors (Lipinski definition) is 1. The first-order valence-electron chi connectivity index (χ1n) is 5.40. The number of carbonyl (C=O) groups excluding carboxylic acids is 1. The molecule has 96 valence electrons. The third-order valence-electron chi connectivity index (χ3n) is 1.74. The zero-order valence-corrected chi connectivity index (χ0v) is 12.0. The summed E-state index contributed by atoms with van der Waals surface area (Å²) in [5, 5.41) is 3.76. The zero-order valence-electron chi connectivity index (χ0n) is 10.5. The van der Waals surface area contributed by atoms with Crippen LogP contribution in [0.2, 0.25) is 0 Å². The molecule has 0 amide bonds. The van der Waals surface area contributed by atoms with Gasteiger partial charge in [-0.3, -0.25) is 0 Å². The predicted molar refractivity (Wildman–Crippen MR) is 71.0 cm³/mol. The first-order valence-corrected chi connectivity index (χ1v) is 6.75. The average molecular weight is 277 g/mol. The van der Waals surface area contributed by atoms with Gasteiger partial charge in [0.1, 0.15) is 10.5 Å². The summed E-state index contributed by atoms with van der Waals surface area (Å²) in [5.74, 6) is -0.161. The lowest BCUT2D eigenvalue weighted by Gasteiger charge is -2.18. The Morgan fingerprint density at radius 2 is 2.18 bits per heavy atom. The molecule has 4 nitrogen and oxygen atoms in total. The van der Waals surface area contributed by atoms with E-state index in [1.54, 1.807) is 0 Å². The van der Waals surface area contributed by atoms with Crippen molar-refractivity contribution in [1.82, 2.24) is 4.98 Å². The van der Waals surface area contributed by atoms with Gasteiger partial charge in [0.2, 0.25) is 0 Å². The van der Waals surface area contributed by atoms with Gasteiger partial charge in [-0.15, -0.1) is 11.6 Å². The fraction of sp³-hybridized carbons (Fsp3) is 0.636. The van der Waals surface area contributed by atoms with E-state index in [9.17, 15) is 4.79 Å². The lowest BCUT2D eigenvalue weighted by atomic mass is 10.2. The van der Waals surface area contributed by atoms with Crippen molar-refractivity contribution >= 4 is 34.0 Å². The fourth-order valence-corrected chi connectivity index (χ4v) is 2.35. The van der Waals surface area contributed by atoms with Crippen LogP contribution in [0.15, 0.2) is 0 Å². The van der Waals surface area contributed by atoms with E-state index in [0.717, 1.165) is 6.54 Å². The van der Waals surface area contributed by atoms with Gasteiger partial charge >= 0.3 is 5.97 Å². The highest BCUT2D eigenvalue weighted by Gasteiger charge is 2.23. The average Bonchev–Trinajstić information content (AvgIpc) is 2.59. The summed E-state index contributed by atoms with van der Waals surface area (Å²) in [6.07, 6.45) is 0. The van der Waals surface area contributed by atoms with E-state index in [-0.39, 0.29) is 11.8 Å². The second-order valence-electron chi connectivity index (χ2n) is 4.46. The number of rotatable bonds is 4. The van der Waals surface area contributed by atoms with Crippen molar-refractivity contribution in [3.8, 4) is 0 Å². The summed E-state index contributed by atoms with van der Waals surface area (Å²) in [5.41, 5.74) is 0.0603. The number of ether oxygens (including phenoxy) is 1. The number of thiazole rings is 1. The summed E-state index contributed by atoms with van der Waals surface area (Å²) < 4.78 is 5.30. The molecule has 1 aromatic rings. The molecule has 0 fully saturated rings. The lowest BCUT2D eigenvalue weighted by Crippen LogP contribution is -2.23. The van der Waals surface area contributed by atoms with Crippen molar-refractivity contribution in [1.29, 1.82) is 0 Å². The minimum Gasteiger partial charge on any atom is -0.456 e. The van der Waals surface area contributed by atoms with Crippen molar-refractivity contribution in [3.05, 3.63) is 10.6 Å². The number of nitrogens with one attached hydrogen (secondary N) is 1. The fourth-order valence-electron chi connectivity index (χ4n) is 1.15. The molecule has 0 aliphatic heterocycles. The molecular weight excluding hydrogens is 260 g/mol. The predicted octanol–water partition coefficient (Wildman–Crippen LogP) is 3.27. The van der Waals surface area contributed by atoms with Crippen LogP contribution in [0.5, 0.6) is 0 Å².